The Morgan fingerprint density at radius 3 is 2.09 bits per heavy atom. The van der Waals surface area contributed by atoms with Gasteiger partial charge in [-0.25, -0.2) is 0 Å². The molecule has 0 amide bonds. The van der Waals surface area contributed by atoms with Gasteiger partial charge in [0.05, 0.1) is 0 Å². The molecule has 0 aliphatic rings. The number of benzene rings is 2. The Morgan fingerprint density at radius 2 is 1.45 bits per heavy atom. The van der Waals surface area contributed by atoms with Crippen LogP contribution in [0.1, 0.15) is 0 Å². The number of hydrogen-bond acceptors (Lipinski definition) is 6. The molecule has 0 unspecified atom stereocenters. The van der Waals surface area contributed by atoms with Crippen molar-refractivity contribution in [2.24, 2.45) is 0 Å². The van der Waals surface area contributed by atoms with Crippen molar-refractivity contribution in [3.63, 3.8) is 0 Å². The van der Waals surface area contributed by atoms with Crippen molar-refractivity contribution in [3.8, 4) is 34.3 Å². The van der Waals surface area contributed by atoms with Crippen LogP contribution in [-0.4, -0.2) is 36.9 Å². The molecule has 22 heavy (non-hydrogen) atoms. The summed E-state index contributed by atoms with van der Waals surface area (Å²) >= 11 is 1.51. The summed E-state index contributed by atoms with van der Waals surface area (Å²) in [5.74, 6) is -3.35. The molecule has 0 saturated carbocycles. The molecular weight excluding hydrogens is 349 g/mol. The van der Waals surface area contributed by atoms with Gasteiger partial charge in [0.2, 0.25) is 0 Å². The summed E-state index contributed by atoms with van der Waals surface area (Å²) in [4.78, 5) is 12.4. The molecule has 1 aromatic heterocycles. The molecule has 0 spiro atoms. The average Bonchev–Trinajstić information content (AvgIpc) is 2.54. The molecular formula is C15H9GeO6. The first kappa shape index (κ1) is 14.3. The van der Waals surface area contributed by atoms with E-state index in [2.05, 4.69) is 0 Å². The van der Waals surface area contributed by atoms with Crippen molar-refractivity contribution < 1.29 is 24.8 Å². The molecule has 0 atom stereocenters. The van der Waals surface area contributed by atoms with Gasteiger partial charge in [-0.3, -0.25) is 0 Å². The van der Waals surface area contributed by atoms with Gasteiger partial charge in [0.25, 0.3) is 0 Å². The summed E-state index contributed by atoms with van der Waals surface area (Å²) < 4.78 is 5.73. The topological polar surface area (TPSA) is 111 Å². The standard InChI is InChI=1S/C15H9GeO6/c16-8-9(17)7-10(18)11(19)12(20)13(21)15(7)22-14(8)6-4-2-1-3-5-6/h1-5,18-21H. The zero-order chi connectivity index (χ0) is 16.0. The summed E-state index contributed by atoms with van der Waals surface area (Å²) in [6.45, 7) is 0. The van der Waals surface area contributed by atoms with Crippen LogP contribution in [0.2, 0.25) is 0 Å². The molecule has 4 N–H and O–H groups in total. The van der Waals surface area contributed by atoms with E-state index in [-0.39, 0.29) is 21.1 Å². The summed E-state index contributed by atoms with van der Waals surface area (Å²) in [6.07, 6.45) is 0. The van der Waals surface area contributed by atoms with Gasteiger partial charge in [0, 0.05) is 0 Å². The van der Waals surface area contributed by atoms with Crippen molar-refractivity contribution in [2.75, 3.05) is 0 Å². The summed E-state index contributed by atoms with van der Waals surface area (Å²) in [5, 5.41) is 38.5. The molecule has 7 heteroatoms. The number of aromatic hydroxyl groups is 4. The molecule has 109 valence electrons. The number of hydrogen-bond donors (Lipinski definition) is 4. The van der Waals surface area contributed by atoms with Gasteiger partial charge >= 0.3 is 132 Å². The third kappa shape index (κ3) is 1.92. The first-order valence-electron chi connectivity index (χ1n) is 6.17. The van der Waals surface area contributed by atoms with Crippen LogP contribution in [0.15, 0.2) is 39.5 Å². The molecule has 0 fully saturated rings. The van der Waals surface area contributed by atoms with Gasteiger partial charge in [-0.15, -0.1) is 0 Å². The predicted octanol–water partition coefficient (Wildman–Crippen LogP) is 1.08. The first-order valence-corrected chi connectivity index (χ1v) is 7.22. The van der Waals surface area contributed by atoms with Gasteiger partial charge < -0.3 is 0 Å². The Labute approximate surface area is 132 Å². The molecule has 0 aliphatic heterocycles. The van der Waals surface area contributed by atoms with Crippen LogP contribution in [0.3, 0.4) is 0 Å². The molecule has 0 saturated heterocycles. The fourth-order valence-electron chi connectivity index (χ4n) is 2.16. The maximum absolute atomic E-state index is 12.4. The molecule has 1 heterocycles. The Bertz CT molecular complexity index is 946. The molecule has 0 aliphatic carbocycles. The second kappa shape index (κ2) is 4.99. The molecule has 3 rings (SSSR count). The van der Waals surface area contributed by atoms with Crippen LogP contribution in [0.25, 0.3) is 22.3 Å². The van der Waals surface area contributed by atoms with E-state index in [4.69, 9.17) is 4.42 Å². The van der Waals surface area contributed by atoms with Crippen molar-refractivity contribution in [3.05, 3.63) is 40.6 Å². The van der Waals surface area contributed by atoms with Crippen LogP contribution < -0.4 is 9.82 Å². The number of rotatable bonds is 1. The minimum atomic E-state index is -0.968. The zero-order valence-corrected chi connectivity index (χ0v) is 13.1. The van der Waals surface area contributed by atoms with Gasteiger partial charge in [-0.1, -0.05) is 0 Å². The summed E-state index contributed by atoms with van der Waals surface area (Å²) in [7, 11) is 0. The Balaban J connectivity index is 2.51. The zero-order valence-electron chi connectivity index (χ0n) is 11.0. The third-order valence-corrected chi connectivity index (χ3v) is 4.23. The third-order valence-electron chi connectivity index (χ3n) is 3.27. The fourth-order valence-corrected chi connectivity index (χ4v) is 2.83. The van der Waals surface area contributed by atoms with Crippen molar-refractivity contribution >= 4 is 31.9 Å². The van der Waals surface area contributed by atoms with Crippen LogP contribution in [0, 0.1) is 0 Å². The molecule has 0 bridgehead atoms. The monoisotopic (exact) mass is 359 g/mol. The Kier molecular flexibility index (Phi) is 3.25. The van der Waals surface area contributed by atoms with Gasteiger partial charge in [0.15, 0.2) is 0 Å². The second-order valence-corrected chi connectivity index (χ2v) is 5.65. The fraction of sp³-hybridized carbons (Fsp3) is 0. The Morgan fingerprint density at radius 1 is 0.864 bits per heavy atom. The molecule has 3 radical (unpaired) electrons. The maximum atomic E-state index is 12.4. The number of phenolic OH excluding ortho intramolecular Hbond substituents is 4. The van der Waals surface area contributed by atoms with E-state index in [9.17, 15) is 25.2 Å². The van der Waals surface area contributed by atoms with E-state index in [1.807, 2.05) is 0 Å². The first-order chi connectivity index (χ1) is 10.4. The van der Waals surface area contributed by atoms with E-state index >= 15 is 0 Å². The van der Waals surface area contributed by atoms with Crippen LogP contribution in [0.4, 0.5) is 0 Å². The minimum absolute atomic E-state index is 0.206. The average molecular weight is 358 g/mol. The van der Waals surface area contributed by atoms with Gasteiger partial charge in [-0.2, -0.15) is 0 Å². The van der Waals surface area contributed by atoms with E-state index in [1.54, 1.807) is 30.3 Å². The SMILES string of the molecule is O=c1[c]([Ge])c(-c2ccccc2)oc2c(O)c(O)c(O)c(O)c12. The van der Waals surface area contributed by atoms with Gasteiger partial charge in [-0.05, 0) is 0 Å². The molecule has 2 aromatic carbocycles. The Hall–Kier alpha value is -2.61. The molecule has 6 nitrogen and oxygen atoms in total. The van der Waals surface area contributed by atoms with E-state index in [1.165, 1.54) is 16.5 Å². The number of phenols is 4. The quantitative estimate of drug-likeness (QED) is 0.294. The summed E-state index contributed by atoms with van der Waals surface area (Å²) in [6, 6.07) is 8.74. The summed E-state index contributed by atoms with van der Waals surface area (Å²) in [5.41, 5.74) is -0.393. The van der Waals surface area contributed by atoms with Gasteiger partial charge in [0.1, 0.15) is 0 Å². The van der Waals surface area contributed by atoms with Crippen molar-refractivity contribution in [2.45, 2.75) is 0 Å². The number of fused-ring (bicyclic) bond motifs is 1. The normalized spacial score (nSPS) is 11.0. The molecule has 3 aromatic rings. The van der Waals surface area contributed by atoms with E-state index in [0.717, 1.165) is 0 Å². The van der Waals surface area contributed by atoms with Crippen LogP contribution in [0.5, 0.6) is 23.0 Å². The van der Waals surface area contributed by atoms with Crippen molar-refractivity contribution in [1.29, 1.82) is 0 Å². The van der Waals surface area contributed by atoms with E-state index in [0.29, 0.717) is 5.56 Å². The van der Waals surface area contributed by atoms with Crippen LogP contribution >= 0.6 is 0 Å². The van der Waals surface area contributed by atoms with Crippen molar-refractivity contribution in [1.82, 2.24) is 0 Å². The van der Waals surface area contributed by atoms with Crippen LogP contribution in [-0.2, 0) is 0 Å². The predicted molar refractivity (Wildman–Crippen MR) is 80.0 cm³/mol. The second-order valence-electron chi connectivity index (χ2n) is 4.60. The van der Waals surface area contributed by atoms with E-state index < -0.39 is 28.4 Å².